The Labute approximate surface area is 143 Å². The molecule has 1 heterocycles. The van der Waals surface area contributed by atoms with E-state index in [1.165, 1.54) is 0 Å². The van der Waals surface area contributed by atoms with Gasteiger partial charge in [0.15, 0.2) is 6.61 Å². The van der Waals surface area contributed by atoms with E-state index in [0.717, 1.165) is 29.2 Å². The van der Waals surface area contributed by atoms with Gasteiger partial charge in [0.1, 0.15) is 11.4 Å². The van der Waals surface area contributed by atoms with Crippen LogP contribution in [0.3, 0.4) is 0 Å². The SMILES string of the molecule is O=C1C=C(Nc2cc(OCC(F)(F)F)cc([N+](=O)[O-])c2)C(=O)N1CCO. The highest BCUT2D eigenvalue weighted by Crippen LogP contribution is 2.29. The molecule has 0 spiro atoms. The molecule has 2 N–H and O–H groups in total. The fraction of sp³-hybridized carbons (Fsp3) is 0.286. The van der Waals surface area contributed by atoms with E-state index >= 15 is 0 Å². The number of benzene rings is 1. The van der Waals surface area contributed by atoms with Crippen LogP contribution in [0.1, 0.15) is 0 Å². The molecule has 1 aromatic rings. The minimum atomic E-state index is -4.64. The molecule has 0 aliphatic carbocycles. The van der Waals surface area contributed by atoms with Crippen LogP contribution in [0, 0.1) is 10.1 Å². The second kappa shape index (κ2) is 7.39. The van der Waals surface area contributed by atoms with Gasteiger partial charge in [-0.15, -0.1) is 0 Å². The zero-order valence-electron chi connectivity index (χ0n) is 12.9. The lowest BCUT2D eigenvalue weighted by Gasteiger charge is -2.14. The molecule has 0 fully saturated rings. The maximum atomic E-state index is 12.2. The first-order chi connectivity index (χ1) is 12.1. The lowest BCUT2D eigenvalue weighted by molar-refractivity contribution is -0.384. The van der Waals surface area contributed by atoms with Crippen molar-refractivity contribution in [2.45, 2.75) is 6.18 Å². The Hall–Kier alpha value is -3.15. The summed E-state index contributed by atoms with van der Waals surface area (Å²) in [5, 5.41) is 22.2. The zero-order valence-corrected chi connectivity index (χ0v) is 12.9. The van der Waals surface area contributed by atoms with E-state index in [-0.39, 0.29) is 17.9 Å². The number of nitrogens with one attached hydrogen (secondary N) is 1. The van der Waals surface area contributed by atoms with Gasteiger partial charge in [0.2, 0.25) is 0 Å². The van der Waals surface area contributed by atoms with E-state index in [4.69, 9.17) is 5.11 Å². The van der Waals surface area contributed by atoms with Crippen LogP contribution in [0.5, 0.6) is 5.75 Å². The molecule has 0 unspecified atom stereocenters. The Balaban J connectivity index is 2.24. The van der Waals surface area contributed by atoms with Crippen molar-refractivity contribution < 1.29 is 37.5 Å². The van der Waals surface area contributed by atoms with Crippen LogP contribution >= 0.6 is 0 Å². The van der Waals surface area contributed by atoms with Gasteiger partial charge in [-0.1, -0.05) is 0 Å². The molecule has 2 amide bonds. The van der Waals surface area contributed by atoms with Crippen LogP contribution in [0.4, 0.5) is 24.5 Å². The fourth-order valence-corrected chi connectivity index (χ4v) is 2.07. The van der Waals surface area contributed by atoms with Crippen molar-refractivity contribution in [1.82, 2.24) is 4.90 Å². The summed E-state index contributed by atoms with van der Waals surface area (Å²) < 4.78 is 41.2. The molecule has 1 aliphatic rings. The van der Waals surface area contributed by atoms with E-state index in [0.29, 0.717) is 0 Å². The molecular weight excluding hydrogens is 363 g/mol. The number of imide groups is 1. The predicted octanol–water partition coefficient (Wildman–Crippen LogP) is 1.19. The smallest absolute Gasteiger partial charge is 0.422 e. The van der Waals surface area contributed by atoms with Gasteiger partial charge in [-0.3, -0.25) is 24.6 Å². The number of nitro benzene ring substituents is 1. The van der Waals surface area contributed by atoms with Gasteiger partial charge in [0.05, 0.1) is 24.1 Å². The second-order valence-corrected chi connectivity index (χ2v) is 5.08. The average Bonchev–Trinajstić information content (AvgIpc) is 2.80. The first-order valence-electron chi connectivity index (χ1n) is 7.05. The van der Waals surface area contributed by atoms with Gasteiger partial charge >= 0.3 is 6.18 Å². The summed E-state index contributed by atoms with van der Waals surface area (Å²) in [4.78, 5) is 34.5. The van der Waals surface area contributed by atoms with Gasteiger partial charge in [0, 0.05) is 23.9 Å². The minimum Gasteiger partial charge on any atom is -0.484 e. The third-order valence-corrected chi connectivity index (χ3v) is 3.12. The number of nitro groups is 1. The number of hydrogen-bond acceptors (Lipinski definition) is 7. The number of non-ortho nitro benzene ring substituents is 1. The van der Waals surface area contributed by atoms with Crippen molar-refractivity contribution in [2.75, 3.05) is 25.1 Å². The number of hydrogen-bond donors (Lipinski definition) is 2. The quantitative estimate of drug-likeness (QED) is 0.417. The van der Waals surface area contributed by atoms with Crippen LogP contribution in [0.15, 0.2) is 30.0 Å². The van der Waals surface area contributed by atoms with Crippen LogP contribution in [-0.4, -0.2) is 52.7 Å². The molecule has 0 aromatic heterocycles. The Kier molecular flexibility index (Phi) is 5.45. The van der Waals surface area contributed by atoms with Gasteiger partial charge < -0.3 is 15.2 Å². The topological polar surface area (TPSA) is 122 Å². The van der Waals surface area contributed by atoms with Gasteiger partial charge in [0.25, 0.3) is 17.5 Å². The molecule has 26 heavy (non-hydrogen) atoms. The standard InChI is InChI=1S/C14H12F3N3O6/c15-14(16,17)7-26-10-4-8(3-9(5-10)20(24)25)18-11-6-12(22)19(1-2-21)13(11)23/h3-6,18,21H,1-2,7H2. The molecule has 0 bridgehead atoms. The number of ether oxygens (including phenoxy) is 1. The Bertz CT molecular complexity index is 778. The average molecular weight is 375 g/mol. The van der Waals surface area contributed by atoms with Crippen molar-refractivity contribution >= 4 is 23.2 Å². The highest BCUT2D eigenvalue weighted by molar-refractivity contribution is 6.17. The first-order valence-corrected chi connectivity index (χ1v) is 7.05. The Morgan fingerprint density at radius 2 is 1.96 bits per heavy atom. The zero-order chi connectivity index (χ0) is 19.5. The monoisotopic (exact) mass is 375 g/mol. The van der Waals surface area contributed by atoms with Crippen molar-refractivity contribution in [1.29, 1.82) is 0 Å². The number of halogens is 3. The lowest BCUT2D eigenvalue weighted by Crippen LogP contribution is -2.34. The van der Waals surface area contributed by atoms with Crippen LogP contribution < -0.4 is 10.1 Å². The number of alkyl halides is 3. The summed E-state index contributed by atoms with van der Waals surface area (Å²) in [6.07, 6.45) is -3.73. The Morgan fingerprint density at radius 3 is 2.54 bits per heavy atom. The summed E-state index contributed by atoms with van der Waals surface area (Å²) in [7, 11) is 0. The first kappa shape index (κ1) is 19.2. The lowest BCUT2D eigenvalue weighted by atomic mass is 10.2. The number of β-amino-alcohol motifs (C(OH)–C–C–N with tert-alkyl or cyclic N) is 1. The number of aliphatic hydroxyl groups is 1. The van der Waals surface area contributed by atoms with E-state index in [9.17, 15) is 32.9 Å². The summed E-state index contributed by atoms with van der Waals surface area (Å²) in [6, 6.07) is 2.78. The largest absolute Gasteiger partial charge is 0.484 e. The molecule has 0 saturated heterocycles. The van der Waals surface area contributed by atoms with Crippen molar-refractivity contribution in [3.8, 4) is 5.75 Å². The molecule has 1 aliphatic heterocycles. The third kappa shape index (κ3) is 4.69. The number of carbonyl (C=O) groups is 2. The summed E-state index contributed by atoms with van der Waals surface area (Å²) in [5.41, 5.74) is -0.933. The maximum Gasteiger partial charge on any atom is 0.422 e. The fourth-order valence-electron chi connectivity index (χ4n) is 2.07. The number of nitrogens with zero attached hydrogens (tertiary/aromatic N) is 2. The van der Waals surface area contributed by atoms with Crippen LogP contribution in [0.2, 0.25) is 0 Å². The van der Waals surface area contributed by atoms with Gasteiger partial charge in [-0.05, 0) is 0 Å². The summed E-state index contributed by atoms with van der Waals surface area (Å²) in [6.45, 7) is -2.35. The van der Waals surface area contributed by atoms with Crippen molar-refractivity contribution in [2.24, 2.45) is 0 Å². The normalized spacial score (nSPS) is 14.5. The van der Waals surface area contributed by atoms with Crippen LogP contribution in [0.25, 0.3) is 0 Å². The molecule has 140 valence electrons. The highest BCUT2D eigenvalue weighted by Gasteiger charge is 2.31. The molecule has 0 saturated carbocycles. The number of carbonyl (C=O) groups excluding carboxylic acids is 2. The van der Waals surface area contributed by atoms with Crippen molar-refractivity contribution in [3.63, 3.8) is 0 Å². The van der Waals surface area contributed by atoms with E-state index in [1.807, 2.05) is 0 Å². The van der Waals surface area contributed by atoms with E-state index < -0.39 is 47.6 Å². The Morgan fingerprint density at radius 1 is 1.27 bits per heavy atom. The molecule has 0 radical (unpaired) electrons. The molecule has 9 nitrogen and oxygen atoms in total. The highest BCUT2D eigenvalue weighted by atomic mass is 19.4. The van der Waals surface area contributed by atoms with E-state index in [1.54, 1.807) is 0 Å². The number of aliphatic hydroxyl groups excluding tert-OH is 1. The van der Waals surface area contributed by atoms with E-state index in [2.05, 4.69) is 10.1 Å². The molecule has 12 heteroatoms. The van der Waals surface area contributed by atoms with Crippen LogP contribution in [-0.2, 0) is 9.59 Å². The van der Waals surface area contributed by atoms with Crippen molar-refractivity contribution in [3.05, 3.63) is 40.1 Å². The number of anilines is 1. The van der Waals surface area contributed by atoms with Gasteiger partial charge in [-0.2, -0.15) is 13.2 Å². The molecule has 1 aromatic carbocycles. The number of amides is 2. The summed E-state index contributed by atoms with van der Waals surface area (Å²) in [5.74, 6) is -1.93. The van der Waals surface area contributed by atoms with Gasteiger partial charge in [-0.25, -0.2) is 0 Å². The molecular formula is C14H12F3N3O6. The third-order valence-electron chi connectivity index (χ3n) is 3.12. The predicted molar refractivity (Wildman–Crippen MR) is 80.2 cm³/mol. The summed E-state index contributed by atoms with van der Waals surface area (Å²) >= 11 is 0. The number of rotatable bonds is 7. The molecule has 2 rings (SSSR count). The minimum absolute atomic E-state index is 0.116. The second-order valence-electron chi connectivity index (χ2n) is 5.08. The maximum absolute atomic E-state index is 12.2. The molecule has 0 atom stereocenters.